The molecule has 3 aromatic rings. The average molecular weight is 529 g/mol. The number of amides is 2. The molecule has 2 aromatic carbocycles. The molecular weight excluding hydrogens is 507 g/mol. The first kappa shape index (κ1) is 26.5. The summed E-state index contributed by atoms with van der Waals surface area (Å²) in [6, 6.07) is 7.74. The Kier molecular flexibility index (Phi) is 6.75. The SMILES string of the molecule is CC(C)(C)OC(=O)NC1CC(F)(F)c2cc(F)c(-c3n[nH]c(=O)o3)cc2N(Cc2ccc(C#N)cc2)C1=O. The summed E-state index contributed by atoms with van der Waals surface area (Å²) in [4.78, 5) is 38.4. The van der Waals surface area contributed by atoms with Gasteiger partial charge in [-0.2, -0.15) is 5.26 Å². The molecule has 1 atom stereocenters. The van der Waals surface area contributed by atoms with E-state index in [0.29, 0.717) is 17.2 Å². The first-order valence-corrected chi connectivity index (χ1v) is 11.3. The highest BCUT2D eigenvalue weighted by atomic mass is 19.3. The molecule has 13 heteroatoms. The van der Waals surface area contributed by atoms with Crippen LogP contribution in [0.4, 0.5) is 23.7 Å². The number of halogens is 3. The molecule has 0 spiro atoms. The predicted molar refractivity (Wildman–Crippen MR) is 127 cm³/mol. The van der Waals surface area contributed by atoms with Crippen LogP contribution in [0.5, 0.6) is 0 Å². The van der Waals surface area contributed by atoms with Gasteiger partial charge in [-0.05, 0) is 50.6 Å². The van der Waals surface area contributed by atoms with Gasteiger partial charge in [0.15, 0.2) is 0 Å². The molecule has 0 saturated heterocycles. The number of fused-ring (bicyclic) bond motifs is 1. The largest absolute Gasteiger partial charge is 0.444 e. The van der Waals surface area contributed by atoms with Gasteiger partial charge >= 0.3 is 11.8 Å². The van der Waals surface area contributed by atoms with Crippen molar-refractivity contribution in [1.29, 1.82) is 5.26 Å². The highest BCUT2D eigenvalue weighted by Crippen LogP contribution is 2.45. The van der Waals surface area contributed by atoms with E-state index in [-0.39, 0.29) is 12.2 Å². The Morgan fingerprint density at radius 1 is 1.29 bits per heavy atom. The molecule has 2 N–H and O–H groups in total. The maximum Gasteiger partial charge on any atom is 0.434 e. The number of aromatic amines is 1. The van der Waals surface area contributed by atoms with Crippen molar-refractivity contribution in [2.45, 2.75) is 51.3 Å². The van der Waals surface area contributed by atoms with Gasteiger partial charge in [0.05, 0.1) is 29.4 Å². The highest BCUT2D eigenvalue weighted by Gasteiger charge is 2.47. The Labute approximate surface area is 214 Å². The van der Waals surface area contributed by atoms with Crippen molar-refractivity contribution in [2.24, 2.45) is 0 Å². The molecule has 38 heavy (non-hydrogen) atoms. The molecule has 1 unspecified atom stereocenters. The maximum atomic E-state index is 15.5. The van der Waals surface area contributed by atoms with Crippen LogP contribution in [0.25, 0.3) is 11.5 Å². The number of carbonyl (C=O) groups is 2. The molecule has 1 aliphatic heterocycles. The van der Waals surface area contributed by atoms with Crippen LogP contribution in [0, 0.1) is 17.1 Å². The van der Waals surface area contributed by atoms with Gasteiger partial charge in [-0.15, -0.1) is 5.10 Å². The molecular formula is C25H22F3N5O5. The number of anilines is 1. The third kappa shape index (κ3) is 5.54. The highest BCUT2D eigenvalue weighted by molar-refractivity contribution is 6.00. The zero-order valence-corrected chi connectivity index (χ0v) is 20.5. The second-order valence-electron chi connectivity index (χ2n) is 9.61. The number of alkyl halides is 2. The number of rotatable bonds is 4. The van der Waals surface area contributed by atoms with Gasteiger partial charge in [-0.3, -0.25) is 4.79 Å². The van der Waals surface area contributed by atoms with Crippen molar-refractivity contribution in [3.63, 3.8) is 0 Å². The van der Waals surface area contributed by atoms with Crippen LogP contribution in [0.2, 0.25) is 0 Å². The number of aromatic nitrogens is 2. The van der Waals surface area contributed by atoms with E-state index < -0.39 is 64.6 Å². The lowest BCUT2D eigenvalue weighted by Crippen LogP contribution is -2.49. The van der Waals surface area contributed by atoms with Crippen LogP contribution >= 0.6 is 0 Å². The number of nitrogens with one attached hydrogen (secondary N) is 2. The summed E-state index contributed by atoms with van der Waals surface area (Å²) < 4.78 is 56.0. The smallest absolute Gasteiger partial charge is 0.434 e. The van der Waals surface area contributed by atoms with Crippen molar-refractivity contribution in [3.05, 3.63) is 69.5 Å². The first-order chi connectivity index (χ1) is 17.8. The normalized spacial score (nSPS) is 16.8. The summed E-state index contributed by atoms with van der Waals surface area (Å²) >= 11 is 0. The number of hydrogen-bond donors (Lipinski definition) is 2. The Morgan fingerprint density at radius 2 is 1.97 bits per heavy atom. The summed E-state index contributed by atoms with van der Waals surface area (Å²) in [7, 11) is 0. The van der Waals surface area contributed by atoms with E-state index in [1.165, 1.54) is 24.3 Å². The quantitative estimate of drug-likeness (QED) is 0.521. The number of hydrogen-bond acceptors (Lipinski definition) is 7. The second kappa shape index (κ2) is 9.70. The lowest BCUT2D eigenvalue weighted by Gasteiger charge is -2.27. The van der Waals surface area contributed by atoms with Crippen molar-refractivity contribution < 1.29 is 31.9 Å². The van der Waals surface area contributed by atoms with Crippen LogP contribution < -0.4 is 16.0 Å². The fraction of sp³-hybridized carbons (Fsp3) is 0.320. The van der Waals surface area contributed by atoms with E-state index in [9.17, 15) is 14.4 Å². The van der Waals surface area contributed by atoms with E-state index >= 15 is 13.2 Å². The van der Waals surface area contributed by atoms with Gasteiger partial charge in [0.1, 0.15) is 17.5 Å². The molecule has 0 bridgehead atoms. The van der Waals surface area contributed by atoms with Gasteiger partial charge in [0.2, 0.25) is 5.91 Å². The van der Waals surface area contributed by atoms with Crippen molar-refractivity contribution >= 4 is 17.7 Å². The summed E-state index contributed by atoms with van der Waals surface area (Å²) in [6.45, 7) is 4.44. The zero-order valence-electron chi connectivity index (χ0n) is 20.5. The predicted octanol–water partition coefficient (Wildman–Crippen LogP) is 3.96. The third-order valence-corrected chi connectivity index (χ3v) is 5.58. The van der Waals surface area contributed by atoms with Gasteiger partial charge in [-0.1, -0.05) is 12.1 Å². The summed E-state index contributed by atoms with van der Waals surface area (Å²) in [5.41, 5.74) is -1.79. The molecule has 0 saturated carbocycles. The van der Waals surface area contributed by atoms with Gasteiger partial charge in [0.25, 0.3) is 11.8 Å². The van der Waals surface area contributed by atoms with Crippen molar-refractivity contribution in [3.8, 4) is 17.5 Å². The van der Waals surface area contributed by atoms with Crippen LogP contribution in [-0.4, -0.2) is 33.8 Å². The van der Waals surface area contributed by atoms with Gasteiger partial charge < -0.3 is 19.4 Å². The minimum atomic E-state index is -3.77. The van der Waals surface area contributed by atoms with E-state index in [0.717, 1.165) is 11.0 Å². The topological polar surface area (TPSA) is 141 Å². The van der Waals surface area contributed by atoms with E-state index in [2.05, 4.69) is 10.4 Å². The Morgan fingerprint density at radius 3 is 2.55 bits per heavy atom. The average Bonchev–Trinajstić information content (AvgIpc) is 3.24. The zero-order chi connectivity index (χ0) is 27.8. The number of ether oxygens (including phenoxy) is 1. The Hall–Kier alpha value is -4.60. The maximum absolute atomic E-state index is 15.5. The van der Waals surface area contributed by atoms with Gasteiger partial charge in [0, 0.05) is 12.0 Å². The first-order valence-electron chi connectivity index (χ1n) is 11.3. The summed E-state index contributed by atoms with van der Waals surface area (Å²) in [5, 5.41) is 16.8. The van der Waals surface area contributed by atoms with E-state index in [1.807, 2.05) is 11.2 Å². The van der Waals surface area contributed by atoms with E-state index in [1.54, 1.807) is 20.8 Å². The minimum Gasteiger partial charge on any atom is -0.444 e. The molecule has 1 aliphatic rings. The number of carbonyl (C=O) groups excluding carboxylic acids is 2. The van der Waals surface area contributed by atoms with Crippen LogP contribution in [0.3, 0.4) is 0 Å². The summed E-state index contributed by atoms with van der Waals surface area (Å²) in [5.74, 6) is -7.35. The molecule has 10 nitrogen and oxygen atoms in total. The monoisotopic (exact) mass is 529 g/mol. The number of nitrogens with zero attached hydrogens (tertiary/aromatic N) is 3. The molecule has 198 valence electrons. The Balaban J connectivity index is 1.84. The van der Waals surface area contributed by atoms with Crippen LogP contribution in [-0.2, 0) is 22.0 Å². The number of nitriles is 1. The van der Waals surface area contributed by atoms with Crippen LogP contribution in [0.15, 0.2) is 45.6 Å². The lowest BCUT2D eigenvalue weighted by atomic mass is 9.99. The number of benzene rings is 2. The second-order valence-corrected chi connectivity index (χ2v) is 9.61. The fourth-order valence-corrected chi connectivity index (χ4v) is 3.94. The van der Waals surface area contributed by atoms with Gasteiger partial charge in [-0.25, -0.2) is 27.9 Å². The van der Waals surface area contributed by atoms with Crippen LogP contribution in [0.1, 0.15) is 43.9 Å². The lowest BCUT2D eigenvalue weighted by molar-refractivity contribution is -0.123. The van der Waals surface area contributed by atoms with Crippen molar-refractivity contribution in [1.82, 2.24) is 15.5 Å². The number of H-pyrrole nitrogens is 1. The molecule has 4 rings (SSSR count). The number of alkyl carbamates (subject to hydrolysis) is 1. The molecule has 1 aromatic heterocycles. The molecule has 0 fully saturated rings. The molecule has 2 amide bonds. The van der Waals surface area contributed by atoms with Crippen molar-refractivity contribution in [2.75, 3.05) is 4.90 Å². The molecule has 0 aliphatic carbocycles. The summed E-state index contributed by atoms with van der Waals surface area (Å²) in [6.07, 6.45) is -2.25. The standard InChI is InChI=1S/C25H22F3N5O5/c1-24(2,3)38-22(35)30-18-10-25(27,28)16-9-17(26)15(20-31-32-23(36)37-20)8-19(16)33(21(18)34)12-14-6-4-13(11-29)5-7-14/h4-9,18H,10,12H2,1-3H3,(H,30,35)(H,32,36). The third-order valence-electron chi connectivity index (χ3n) is 5.58. The molecule has 2 heterocycles. The fourth-order valence-electron chi connectivity index (χ4n) is 3.94. The van der Waals surface area contributed by atoms with E-state index in [4.69, 9.17) is 14.4 Å². The molecule has 0 radical (unpaired) electrons. The minimum absolute atomic E-state index is 0.268. The Bertz CT molecular complexity index is 1480.